The quantitative estimate of drug-likeness (QED) is 0.603. The highest BCUT2D eigenvalue weighted by atomic mass is 35.5. The van der Waals surface area contributed by atoms with E-state index in [2.05, 4.69) is 15.4 Å². The summed E-state index contributed by atoms with van der Waals surface area (Å²) >= 11 is 5.93. The standard InChI is InChI=1S/C16H24ClN4O2P/c17-14-6-8-16(9-7-14)19-24(22,21-10-12-23-13-11-21)20-18-15-4-2-1-3-5-15/h6-9H,1-5,10-13H2,(H2,19,20,22). The number of hydrazone groups is 1. The highest BCUT2D eigenvalue weighted by Crippen LogP contribution is 2.46. The maximum absolute atomic E-state index is 13.6. The molecule has 1 aliphatic heterocycles. The van der Waals surface area contributed by atoms with Gasteiger partial charge in [0.1, 0.15) is 0 Å². The molecule has 0 amide bonds. The molecule has 24 heavy (non-hydrogen) atoms. The van der Waals surface area contributed by atoms with Crippen LogP contribution in [-0.4, -0.2) is 36.7 Å². The summed E-state index contributed by atoms with van der Waals surface area (Å²) in [5.74, 6) is 0. The fraction of sp³-hybridized carbons (Fsp3) is 0.562. The van der Waals surface area contributed by atoms with Crippen LogP contribution in [0.1, 0.15) is 32.1 Å². The van der Waals surface area contributed by atoms with E-state index in [0.29, 0.717) is 31.3 Å². The first-order chi connectivity index (χ1) is 11.7. The zero-order valence-corrected chi connectivity index (χ0v) is 15.4. The SMILES string of the molecule is O=P(NN=C1CCCCC1)(Nc1ccc(Cl)cc1)N1CCOCC1. The van der Waals surface area contributed by atoms with Crippen LogP contribution in [0.3, 0.4) is 0 Å². The maximum atomic E-state index is 13.6. The summed E-state index contributed by atoms with van der Waals surface area (Å²) in [5, 5.41) is 11.2. The Hall–Kier alpha value is -1.07. The van der Waals surface area contributed by atoms with Crippen molar-refractivity contribution < 1.29 is 9.30 Å². The Morgan fingerprint density at radius 1 is 1.08 bits per heavy atom. The summed E-state index contributed by atoms with van der Waals surface area (Å²) in [6.07, 6.45) is 5.54. The molecule has 1 aromatic carbocycles. The number of hydrogen-bond donors (Lipinski definition) is 2. The average molecular weight is 371 g/mol. The van der Waals surface area contributed by atoms with Crippen LogP contribution in [0, 0.1) is 0 Å². The molecule has 1 unspecified atom stereocenters. The summed E-state index contributed by atoms with van der Waals surface area (Å²) in [6.45, 7) is 2.36. The summed E-state index contributed by atoms with van der Waals surface area (Å²) < 4.78 is 20.9. The molecule has 2 aliphatic rings. The molecule has 8 heteroatoms. The number of ether oxygens (including phenoxy) is 1. The molecule has 0 spiro atoms. The third-order valence-corrected chi connectivity index (χ3v) is 6.67. The van der Waals surface area contributed by atoms with Crippen molar-refractivity contribution in [2.24, 2.45) is 5.10 Å². The number of morpholine rings is 1. The monoisotopic (exact) mass is 370 g/mol. The van der Waals surface area contributed by atoms with Gasteiger partial charge >= 0.3 is 7.59 Å². The number of halogens is 1. The molecule has 2 N–H and O–H groups in total. The Kier molecular flexibility index (Phi) is 6.17. The van der Waals surface area contributed by atoms with Gasteiger partial charge in [-0.3, -0.25) is 4.57 Å². The van der Waals surface area contributed by atoms with E-state index in [0.717, 1.165) is 37.1 Å². The van der Waals surface area contributed by atoms with Crippen LogP contribution in [-0.2, 0) is 9.30 Å². The van der Waals surface area contributed by atoms with E-state index >= 15 is 0 Å². The third-order valence-electron chi connectivity index (χ3n) is 4.29. The second-order valence-corrected chi connectivity index (χ2v) is 8.68. The van der Waals surface area contributed by atoms with Crippen molar-refractivity contribution in [2.75, 3.05) is 31.4 Å². The first kappa shape index (κ1) is 17.7. The van der Waals surface area contributed by atoms with Crippen molar-refractivity contribution in [3.8, 4) is 0 Å². The van der Waals surface area contributed by atoms with E-state index in [1.54, 1.807) is 12.1 Å². The lowest BCUT2D eigenvalue weighted by Gasteiger charge is -2.34. The van der Waals surface area contributed by atoms with E-state index in [-0.39, 0.29) is 0 Å². The van der Waals surface area contributed by atoms with Gasteiger partial charge in [-0.15, -0.1) is 0 Å². The molecule has 3 rings (SSSR count). The molecular formula is C16H24ClN4O2P. The van der Waals surface area contributed by atoms with Crippen LogP contribution >= 0.6 is 19.2 Å². The summed E-state index contributed by atoms with van der Waals surface area (Å²) in [4.78, 5) is 0. The molecule has 1 saturated heterocycles. The largest absolute Gasteiger partial charge is 0.379 e. The normalized spacial score (nSPS) is 21.8. The number of anilines is 1. The summed E-state index contributed by atoms with van der Waals surface area (Å²) in [7, 11) is -3.08. The average Bonchev–Trinajstić information content (AvgIpc) is 2.64. The highest BCUT2D eigenvalue weighted by Gasteiger charge is 2.32. The van der Waals surface area contributed by atoms with Gasteiger partial charge in [-0.25, -0.2) is 9.87 Å². The molecule has 1 heterocycles. The number of nitrogens with one attached hydrogen (secondary N) is 2. The Morgan fingerprint density at radius 3 is 2.42 bits per heavy atom. The zero-order chi connectivity index (χ0) is 16.8. The predicted molar refractivity (Wildman–Crippen MR) is 98.7 cm³/mol. The predicted octanol–water partition coefficient (Wildman–Crippen LogP) is 4.10. The minimum absolute atomic E-state index is 0.574. The van der Waals surface area contributed by atoms with Gasteiger partial charge in [0.15, 0.2) is 0 Å². The van der Waals surface area contributed by atoms with Crippen molar-refractivity contribution in [1.82, 2.24) is 9.87 Å². The van der Waals surface area contributed by atoms with Crippen molar-refractivity contribution in [3.63, 3.8) is 0 Å². The lowest BCUT2D eigenvalue weighted by Crippen LogP contribution is -2.39. The second kappa shape index (κ2) is 8.34. The number of rotatable bonds is 5. The fourth-order valence-corrected chi connectivity index (χ4v) is 4.85. The topological polar surface area (TPSA) is 66.0 Å². The van der Waals surface area contributed by atoms with Crippen LogP contribution in [0.25, 0.3) is 0 Å². The molecule has 0 bridgehead atoms. The smallest absolute Gasteiger partial charge is 0.346 e. The lowest BCUT2D eigenvalue weighted by molar-refractivity contribution is 0.0717. The van der Waals surface area contributed by atoms with Crippen molar-refractivity contribution in [2.45, 2.75) is 32.1 Å². The van der Waals surface area contributed by atoms with Crippen LogP contribution in [0.5, 0.6) is 0 Å². The Morgan fingerprint density at radius 2 is 1.75 bits per heavy atom. The Balaban J connectivity index is 1.76. The number of hydrogen-bond acceptors (Lipinski definition) is 3. The van der Waals surface area contributed by atoms with E-state index < -0.39 is 7.59 Å². The van der Waals surface area contributed by atoms with Crippen LogP contribution in [0.2, 0.25) is 5.02 Å². The maximum Gasteiger partial charge on any atom is 0.346 e. The number of nitrogens with zero attached hydrogens (tertiary/aromatic N) is 2. The Labute approximate surface area is 148 Å². The van der Waals surface area contributed by atoms with E-state index in [1.165, 1.54) is 6.42 Å². The number of benzene rings is 1. The van der Waals surface area contributed by atoms with Gasteiger partial charge in [-0.2, -0.15) is 5.10 Å². The summed E-state index contributed by atoms with van der Waals surface area (Å²) in [6, 6.07) is 7.21. The van der Waals surface area contributed by atoms with Gasteiger partial charge in [0.25, 0.3) is 0 Å². The van der Waals surface area contributed by atoms with Crippen molar-refractivity contribution >= 4 is 30.6 Å². The fourth-order valence-electron chi connectivity index (χ4n) is 2.90. The summed E-state index contributed by atoms with van der Waals surface area (Å²) in [5.41, 5.74) is 1.86. The molecule has 1 aliphatic carbocycles. The van der Waals surface area contributed by atoms with E-state index in [1.807, 2.05) is 16.8 Å². The van der Waals surface area contributed by atoms with Gasteiger partial charge in [-0.1, -0.05) is 18.0 Å². The molecule has 2 fully saturated rings. The van der Waals surface area contributed by atoms with Crippen LogP contribution in [0.4, 0.5) is 5.69 Å². The zero-order valence-electron chi connectivity index (χ0n) is 13.7. The van der Waals surface area contributed by atoms with Gasteiger partial charge in [0, 0.05) is 29.5 Å². The van der Waals surface area contributed by atoms with E-state index in [4.69, 9.17) is 16.3 Å². The van der Waals surface area contributed by atoms with Gasteiger partial charge in [0.05, 0.1) is 13.2 Å². The van der Waals surface area contributed by atoms with Crippen LogP contribution in [0.15, 0.2) is 29.4 Å². The molecule has 6 nitrogen and oxygen atoms in total. The van der Waals surface area contributed by atoms with Crippen molar-refractivity contribution in [3.05, 3.63) is 29.3 Å². The first-order valence-electron chi connectivity index (χ1n) is 8.45. The lowest BCUT2D eigenvalue weighted by atomic mass is 9.99. The minimum Gasteiger partial charge on any atom is -0.379 e. The van der Waals surface area contributed by atoms with E-state index in [9.17, 15) is 4.57 Å². The van der Waals surface area contributed by atoms with Crippen LogP contribution < -0.4 is 10.3 Å². The molecule has 1 saturated carbocycles. The van der Waals surface area contributed by atoms with Crippen molar-refractivity contribution in [1.29, 1.82) is 0 Å². The van der Waals surface area contributed by atoms with Gasteiger partial charge in [-0.05, 0) is 49.9 Å². The second-order valence-electron chi connectivity index (χ2n) is 6.10. The van der Waals surface area contributed by atoms with Gasteiger partial charge < -0.3 is 9.82 Å². The first-order valence-corrected chi connectivity index (χ1v) is 10.5. The third kappa shape index (κ3) is 4.73. The molecule has 0 radical (unpaired) electrons. The molecule has 1 aromatic rings. The highest BCUT2D eigenvalue weighted by molar-refractivity contribution is 7.61. The molecular weight excluding hydrogens is 347 g/mol. The Bertz CT molecular complexity index is 609. The van der Waals surface area contributed by atoms with Gasteiger partial charge in [0.2, 0.25) is 0 Å². The molecule has 1 atom stereocenters. The molecule has 132 valence electrons. The molecule has 0 aromatic heterocycles. The minimum atomic E-state index is -3.08.